The molecule has 0 aliphatic carbocycles. The van der Waals surface area contributed by atoms with Crippen LogP contribution >= 0.6 is 12.4 Å². The molecular formula is C15H27ClN4O. The molecule has 21 heavy (non-hydrogen) atoms. The van der Waals surface area contributed by atoms with Crippen molar-refractivity contribution in [1.82, 2.24) is 20.4 Å². The van der Waals surface area contributed by atoms with Gasteiger partial charge in [-0.05, 0) is 25.3 Å². The van der Waals surface area contributed by atoms with Crippen LogP contribution in [0.2, 0.25) is 0 Å². The van der Waals surface area contributed by atoms with Crippen molar-refractivity contribution in [3.8, 4) is 0 Å². The van der Waals surface area contributed by atoms with Crippen molar-refractivity contribution in [2.24, 2.45) is 13.0 Å². The maximum absolute atomic E-state index is 12.6. The highest BCUT2D eigenvalue weighted by Crippen LogP contribution is 2.29. The zero-order chi connectivity index (χ0) is 14.8. The van der Waals surface area contributed by atoms with Gasteiger partial charge in [-0.2, -0.15) is 5.10 Å². The molecule has 1 fully saturated rings. The molecule has 0 bridgehead atoms. The monoisotopic (exact) mass is 314 g/mol. The predicted octanol–water partition coefficient (Wildman–Crippen LogP) is 1.84. The predicted molar refractivity (Wildman–Crippen MR) is 86.7 cm³/mol. The normalized spacial score (nSPS) is 21.9. The first-order valence-electron chi connectivity index (χ1n) is 7.50. The van der Waals surface area contributed by atoms with Crippen LogP contribution in [0.25, 0.3) is 0 Å². The van der Waals surface area contributed by atoms with Gasteiger partial charge in [0.15, 0.2) is 0 Å². The summed E-state index contributed by atoms with van der Waals surface area (Å²) in [5.74, 6) is 0.383. The molecule has 0 saturated carbocycles. The number of rotatable bonds is 5. The van der Waals surface area contributed by atoms with E-state index in [0.29, 0.717) is 0 Å². The largest absolute Gasteiger partial charge is 0.351 e. The third kappa shape index (κ3) is 3.98. The van der Waals surface area contributed by atoms with Crippen LogP contribution in [0.4, 0.5) is 0 Å². The van der Waals surface area contributed by atoms with Gasteiger partial charge in [-0.3, -0.25) is 9.48 Å². The van der Waals surface area contributed by atoms with Gasteiger partial charge in [-0.15, -0.1) is 12.4 Å². The van der Waals surface area contributed by atoms with Crippen molar-refractivity contribution in [3.63, 3.8) is 0 Å². The summed E-state index contributed by atoms with van der Waals surface area (Å²) >= 11 is 0. The van der Waals surface area contributed by atoms with Crippen molar-refractivity contribution >= 4 is 18.3 Å². The number of halogens is 1. The molecule has 1 aromatic heterocycles. The zero-order valence-corrected chi connectivity index (χ0v) is 14.2. The van der Waals surface area contributed by atoms with E-state index in [0.717, 1.165) is 31.5 Å². The van der Waals surface area contributed by atoms with E-state index < -0.39 is 0 Å². The van der Waals surface area contributed by atoms with E-state index in [-0.39, 0.29) is 35.7 Å². The Morgan fingerprint density at radius 3 is 2.67 bits per heavy atom. The van der Waals surface area contributed by atoms with E-state index in [1.54, 1.807) is 4.68 Å². The molecule has 1 amide bonds. The number of aromatic nitrogens is 2. The summed E-state index contributed by atoms with van der Waals surface area (Å²) in [6.07, 6.45) is 5.79. The van der Waals surface area contributed by atoms with Gasteiger partial charge in [0, 0.05) is 37.8 Å². The molecule has 0 radical (unpaired) electrons. The molecule has 2 atom stereocenters. The van der Waals surface area contributed by atoms with Gasteiger partial charge in [-0.25, -0.2) is 0 Å². The minimum Gasteiger partial charge on any atom is -0.351 e. The van der Waals surface area contributed by atoms with Gasteiger partial charge >= 0.3 is 0 Å². The number of hydrogen-bond acceptors (Lipinski definition) is 3. The Bertz CT molecular complexity index is 470. The van der Waals surface area contributed by atoms with Gasteiger partial charge in [0.1, 0.15) is 0 Å². The number of nitrogens with one attached hydrogen (secondary N) is 2. The minimum absolute atomic E-state index is 0. The van der Waals surface area contributed by atoms with Crippen LogP contribution in [0.5, 0.6) is 0 Å². The lowest BCUT2D eigenvalue weighted by atomic mass is 9.88. The van der Waals surface area contributed by atoms with Gasteiger partial charge in [0.05, 0.1) is 12.1 Å². The Morgan fingerprint density at radius 1 is 1.48 bits per heavy atom. The third-order valence-electron chi connectivity index (χ3n) is 4.69. The molecule has 1 aliphatic rings. The molecule has 1 aromatic rings. The van der Waals surface area contributed by atoms with Crippen LogP contribution < -0.4 is 10.6 Å². The van der Waals surface area contributed by atoms with E-state index in [4.69, 9.17) is 0 Å². The van der Waals surface area contributed by atoms with Crippen LogP contribution in [0.15, 0.2) is 12.4 Å². The fraction of sp³-hybridized carbons (Fsp3) is 0.733. The minimum atomic E-state index is -0.0981. The van der Waals surface area contributed by atoms with Gasteiger partial charge in [0.2, 0.25) is 5.91 Å². The Balaban J connectivity index is 0.00000220. The average molecular weight is 315 g/mol. The molecule has 0 aromatic carbocycles. The van der Waals surface area contributed by atoms with Crippen LogP contribution in [-0.2, 0) is 11.8 Å². The lowest BCUT2D eigenvalue weighted by Gasteiger charge is -2.30. The Labute approximate surface area is 133 Å². The number of aryl methyl sites for hydroxylation is 1. The highest BCUT2D eigenvalue weighted by molar-refractivity contribution is 5.85. The first-order valence-corrected chi connectivity index (χ1v) is 7.50. The number of nitrogens with zero attached hydrogens (tertiary/aromatic N) is 2. The standard InChI is InChI=1S/C15H26N4O.ClH/c1-5-15(3,6-2)18-14(20)13-9-16-8-12(13)11-7-17-19(4)10-11;/h7,10,12-13,16H,5-6,8-9H2,1-4H3,(H,18,20);1H/t12-,13+;/m1./s1. The van der Waals surface area contributed by atoms with Crippen molar-refractivity contribution < 1.29 is 4.79 Å². The van der Waals surface area contributed by atoms with Crippen LogP contribution in [0.1, 0.15) is 45.1 Å². The molecule has 1 saturated heterocycles. The Morgan fingerprint density at radius 2 is 2.14 bits per heavy atom. The van der Waals surface area contributed by atoms with Crippen molar-refractivity contribution in [2.45, 2.75) is 45.1 Å². The first-order chi connectivity index (χ1) is 9.49. The zero-order valence-electron chi connectivity index (χ0n) is 13.3. The smallest absolute Gasteiger partial charge is 0.225 e. The summed E-state index contributed by atoms with van der Waals surface area (Å²) in [5.41, 5.74) is 1.05. The molecule has 2 rings (SSSR count). The number of amides is 1. The topological polar surface area (TPSA) is 59.0 Å². The lowest BCUT2D eigenvalue weighted by molar-refractivity contribution is -0.126. The van der Waals surface area contributed by atoms with Crippen LogP contribution in [0.3, 0.4) is 0 Å². The molecule has 120 valence electrons. The summed E-state index contributed by atoms with van der Waals surface area (Å²) in [6.45, 7) is 7.95. The molecule has 2 heterocycles. The molecule has 0 spiro atoms. The second-order valence-corrected chi connectivity index (χ2v) is 6.08. The van der Waals surface area contributed by atoms with Crippen LogP contribution in [0, 0.1) is 5.92 Å². The van der Waals surface area contributed by atoms with Gasteiger partial charge in [-0.1, -0.05) is 13.8 Å². The van der Waals surface area contributed by atoms with Gasteiger partial charge < -0.3 is 10.6 Å². The molecule has 5 nitrogen and oxygen atoms in total. The number of carbonyl (C=O) groups excluding carboxylic acids is 1. The summed E-state index contributed by atoms with van der Waals surface area (Å²) in [6, 6.07) is 0. The number of hydrogen-bond donors (Lipinski definition) is 2. The molecular weight excluding hydrogens is 288 g/mol. The summed E-state index contributed by atoms with van der Waals surface area (Å²) in [7, 11) is 1.91. The molecule has 2 N–H and O–H groups in total. The lowest BCUT2D eigenvalue weighted by Crippen LogP contribution is -2.48. The van der Waals surface area contributed by atoms with Crippen LogP contribution in [-0.4, -0.2) is 34.3 Å². The van der Waals surface area contributed by atoms with E-state index in [2.05, 4.69) is 36.5 Å². The summed E-state index contributed by atoms with van der Waals surface area (Å²) in [5, 5.41) is 10.8. The van der Waals surface area contributed by atoms with E-state index in [9.17, 15) is 4.79 Å². The van der Waals surface area contributed by atoms with Gasteiger partial charge in [0.25, 0.3) is 0 Å². The number of carbonyl (C=O) groups is 1. The van der Waals surface area contributed by atoms with E-state index in [1.165, 1.54) is 0 Å². The maximum Gasteiger partial charge on any atom is 0.225 e. The Kier molecular flexibility index (Phi) is 6.23. The highest BCUT2D eigenvalue weighted by Gasteiger charge is 2.36. The average Bonchev–Trinajstić information content (AvgIpc) is 3.06. The molecule has 0 unspecified atom stereocenters. The second kappa shape index (κ2) is 7.27. The quantitative estimate of drug-likeness (QED) is 0.872. The Hall–Kier alpha value is -1.07. The van der Waals surface area contributed by atoms with E-state index >= 15 is 0 Å². The fourth-order valence-corrected chi connectivity index (χ4v) is 2.75. The van der Waals surface area contributed by atoms with Crippen molar-refractivity contribution in [1.29, 1.82) is 0 Å². The SMILES string of the molecule is CCC(C)(CC)NC(=O)[C@H]1CNC[C@@H]1c1cnn(C)c1.Cl. The third-order valence-corrected chi connectivity index (χ3v) is 4.69. The summed E-state index contributed by atoms with van der Waals surface area (Å²) in [4.78, 5) is 12.6. The first kappa shape index (κ1) is 18.0. The second-order valence-electron chi connectivity index (χ2n) is 6.08. The highest BCUT2D eigenvalue weighted by atomic mass is 35.5. The molecule has 1 aliphatic heterocycles. The summed E-state index contributed by atoms with van der Waals surface area (Å²) < 4.78 is 1.80. The fourth-order valence-electron chi connectivity index (χ4n) is 2.75. The van der Waals surface area contributed by atoms with E-state index in [1.807, 2.05) is 19.4 Å². The molecule has 6 heteroatoms. The van der Waals surface area contributed by atoms with Crippen molar-refractivity contribution in [3.05, 3.63) is 18.0 Å². The van der Waals surface area contributed by atoms with Crippen molar-refractivity contribution in [2.75, 3.05) is 13.1 Å². The maximum atomic E-state index is 12.6.